The van der Waals surface area contributed by atoms with Crippen LogP contribution in [0.4, 0.5) is 4.79 Å². The van der Waals surface area contributed by atoms with E-state index >= 15 is 0 Å². The number of piperidine rings is 1. The summed E-state index contributed by atoms with van der Waals surface area (Å²) in [5, 5.41) is 3.04. The van der Waals surface area contributed by atoms with Gasteiger partial charge in [0.1, 0.15) is 6.61 Å². The molecule has 0 radical (unpaired) electrons. The number of likely N-dealkylation sites (tertiary alicyclic amines) is 2. The molecule has 2 aliphatic rings. The third-order valence-corrected chi connectivity index (χ3v) is 4.73. The van der Waals surface area contributed by atoms with Crippen LogP contribution in [0.25, 0.3) is 0 Å². The van der Waals surface area contributed by atoms with Crippen LogP contribution in [0.5, 0.6) is 0 Å². The van der Waals surface area contributed by atoms with Crippen LogP contribution < -0.4 is 5.32 Å². The highest BCUT2D eigenvalue weighted by molar-refractivity contribution is 5.89. The van der Waals surface area contributed by atoms with Crippen molar-refractivity contribution in [3.8, 4) is 0 Å². The summed E-state index contributed by atoms with van der Waals surface area (Å²) in [6.07, 6.45) is 2.86. The minimum absolute atomic E-state index is 0.0347. The summed E-state index contributed by atoms with van der Waals surface area (Å²) >= 11 is 0. The zero-order valence-corrected chi connectivity index (χ0v) is 15.4. The van der Waals surface area contributed by atoms with Crippen LogP contribution in [0, 0.1) is 5.92 Å². The normalized spacial score (nSPS) is 22.0. The molecule has 0 spiro atoms. The molecule has 2 aliphatic heterocycles. The lowest BCUT2D eigenvalue weighted by Crippen LogP contribution is -2.48. The van der Waals surface area contributed by atoms with E-state index in [4.69, 9.17) is 4.74 Å². The Labute approximate surface area is 149 Å². The summed E-state index contributed by atoms with van der Waals surface area (Å²) in [6, 6.07) is 0.0368. The molecular weight excluding hydrogens is 322 g/mol. The maximum Gasteiger partial charge on any atom is 0.410 e. The summed E-state index contributed by atoms with van der Waals surface area (Å²) in [4.78, 5) is 39.8. The third-order valence-electron chi connectivity index (χ3n) is 4.73. The zero-order valence-electron chi connectivity index (χ0n) is 15.4. The summed E-state index contributed by atoms with van der Waals surface area (Å²) in [5.74, 6) is -0.317. The van der Waals surface area contributed by atoms with Gasteiger partial charge in [0.05, 0.1) is 5.92 Å². The molecule has 1 N–H and O–H groups in total. The molecule has 0 bridgehead atoms. The van der Waals surface area contributed by atoms with E-state index in [0.29, 0.717) is 32.5 Å². The van der Waals surface area contributed by atoms with E-state index in [-0.39, 0.29) is 48.4 Å². The molecule has 0 aromatic rings. The molecule has 1 atom stereocenters. The molecule has 2 fully saturated rings. The number of amides is 3. The molecule has 25 heavy (non-hydrogen) atoms. The number of ether oxygens (including phenoxy) is 1. The van der Waals surface area contributed by atoms with Crippen molar-refractivity contribution in [3.63, 3.8) is 0 Å². The zero-order chi connectivity index (χ0) is 18.6. The van der Waals surface area contributed by atoms with Crippen LogP contribution >= 0.6 is 0 Å². The van der Waals surface area contributed by atoms with E-state index in [1.54, 1.807) is 9.80 Å². The number of hydrogen-bond acceptors (Lipinski definition) is 4. The number of carbonyl (C=O) groups excluding carboxylic acids is 3. The minimum Gasteiger partial charge on any atom is -0.445 e. The highest BCUT2D eigenvalue weighted by atomic mass is 16.6. The van der Waals surface area contributed by atoms with Gasteiger partial charge in [-0.2, -0.15) is 0 Å². The second-order valence-electron chi connectivity index (χ2n) is 7.71. The first kappa shape index (κ1) is 19.3. The number of hydrogen-bond donors (Lipinski definition) is 1. The summed E-state index contributed by atoms with van der Waals surface area (Å²) < 4.78 is 5.02. The van der Waals surface area contributed by atoms with Crippen LogP contribution in [-0.2, 0) is 14.3 Å². The second-order valence-corrected chi connectivity index (χ2v) is 7.71. The van der Waals surface area contributed by atoms with Gasteiger partial charge in [-0.1, -0.05) is 12.7 Å². The number of nitrogens with zero attached hydrogens (tertiary/aromatic N) is 2. The van der Waals surface area contributed by atoms with Gasteiger partial charge in [0.2, 0.25) is 11.8 Å². The fourth-order valence-corrected chi connectivity index (χ4v) is 3.28. The van der Waals surface area contributed by atoms with Gasteiger partial charge in [0.25, 0.3) is 0 Å². The molecule has 140 valence electrons. The van der Waals surface area contributed by atoms with Crippen molar-refractivity contribution in [3.05, 3.63) is 12.7 Å². The highest BCUT2D eigenvalue weighted by Crippen LogP contribution is 2.26. The molecule has 2 rings (SSSR count). The van der Waals surface area contributed by atoms with Crippen molar-refractivity contribution < 1.29 is 19.1 Å². The van der Waals surface area contributed by atoms with E-state index < -0.39 is 0 Å². The van der Waals surface area contributed by atoms with Gasteiger partial charge in [-0.05, 0) is 33.6 Å². The average Bonchev–Trinajstić information content (AvgIpc) is 2.95. The molecule has 0 aliphatic carbocycles. The summed E-state index contributed by atoms with van der Waals surface area (Å²) in [6.45, 7) is 11.2. The average molecular weight is 351 g/mol. The van der Waals surface area contributed by atoms with Crippen LogP contribution in [-0.4, -0.2) is 65.5 Å². The SMILES string of the molecule is C=CCOC(=O)N1CCC(NC(=O)C2CC(=O)N(C(C)(C)C)C2)CC1. The van der Waals surface area contributed by atoms with Crippen molar-refractivity contribution in [2.24, 2.45) is 5.92 Å². The molecule has 0 saturated carbocycles. The van der Waals surface area contributed by atoms with E-state index in [0.717, 1.165) is 0 Å². The first-order valence-electron chi connectivity index (χ1n) is 8.86. The largest absolute Gasteiger partial charge is 0.445 e. The number of carbonyl (C=O) groups is 3. The minimum atomic E-state index is -0.341. The van der Waals surface area contributed by atoms with Crippen LogP contribution in [0.2, 0.25) is 0 Å². The Morgan fingerprint density at radius 3 is 2.48 bits per heavy atom. The smallest absolute Gasteiger partial charge is 0.410 e. The lowest BCUT2D eigenvalue weighted by Gasteiger charge is -2.33. The monoisotopic (exact) mass is 351 g/mol. The molecule has 0 aromatic heterocycles. The number of nitrogens with one attached hydrogen (secondary N) is 1. The molecular formula is C18H29N3O4. The fourth-order valence-electron chi connectivity index (χ4n) is 3.28. The lowest BCUT2D eigenvalue weighted by atomic mass is 10.0. The molecule has 2 heterocycles. The highest BCUT2D eigenvalue weighted by Gasteiger charge is 2.40. The molecule has 3 amide bonds. The predicted octanol–water partition coefficient (Wildman–Crippen LogP) is 1.54. The van der Waals surface area contributed by atoms with Crippen molar-refractivity contribution in [1.29, 1.82) is 0 Å². The van der Waals surface area contributed by atoms with Crippen molar-refractivity contribution in [1.82, 2.24) is 15.1 Å². The fraction of sp³-hybridized carbons (Fsp3) is 0.722. The Balaban J connectivity index is 1.78. The van der Waals surface area contributed by atoms with E-state index in [9.17, 15) is 14.4 Å². The Kier molecular flexibility index (Phi) is 6.08. The third kappa shape index (κ3) is 4.96. The van der Waals surface area contributed by atoms with Crippen molar-refractivity contribution in [2.45, 2.75) is 51.6 Å². The predicted molar refractivity (Wildman–Crippen MR) is 93.9 cm³/mol. The first-order chi connectivity index (χ1) is 11.7. The van der Waals surface area contributed by atoms with Crippen molar-refractivity contribution >= 4 is 17.9 Å². The van der Waals surface area contributed by atoms with Gasteiger partial charge in [-0.15, -0.1) is 0 Å². The topological polar surface area (TPSA) is 79.0 Å². The maximum atomic E-state index is 12.5. The Morgan fingerprint density at radius 2 is 1.96 bits per heavy atom. The van der Waals surface area contributed by atoms with E-state index in [1.165, 1.54) is 6.08 Å². The second kappa shape index (κ2) is 7.89. The van der Waals surface area contributed by atoms with Crippen molar-refractivity contribution in [2.75, 3.05) is 26.2 Å². The molecule has 7 nitrogen and oxygen atoms in total. The van der Waals surface area contributed by atoms with Crippen LogP contribution in [0.3, 0.4) is 0 Å². The lowest BCUT2D eigenvalue weighted by molar-refractivity contribution is -0.132. The van der Waals surface area contributed by atoms with Gasteiger partial charge in [-0.3, -0.25) is 9.59 Å². The van der Waals surface area contributed by atoms with Gasteiger partial charge in [0, 0.05) is 37.6 Å². The van der Waals surface area contributed by atoms with E-state index in [2.05, 4.69) is 11.9 Å². The quantitative estimate of drug-likeness (QED) is 0.779. The van der Waals surface area contributed by atoms with Gasteiger partial charge < -0.3 is 19.9 Å². The molecule has 2 saturated heterocycles. The Morgan fingerprint density at radius 1 is 1.32 bits per heavy atom. The first-order valence-corrected chi connectivity index (χ1v) is 8.86. The Bertz CT molecular complexity index is 533. The van der Waals surface area contributed by atoms with E-state index in [1.807, 2.05) is 20.8 Å². The molecule has 0 aromatic carbocycles. The standard InChI is InChI=1S/C18H29N3O4/c1-5-10-25-17(24)20-8-6-14(7-9-20)19-16(23)13-11-15(22)21(12-13)18(2,3)4/h5,13-14H,1,6-12H2,2-4H3,(H,19,23). The van der Waals surface area contributed by atoms with Gasteiger partial charge in [0.15, 0.2) is 0 Å². The molecule has 1 unspecified atom stereocenters. The molecule has 7 heteroatoms. The number of rotatable bonds is 4. The maximum absolute atomic E-state index is 12.5. The van der Waals surface area contributed by atoms with Gasteiger partial charge >= 0.3 is 6.09 Å². The summed E-state index contributed by atoms with van der Waals surface area (Å²) in [7, 11) is 0. The van der Waals surface area contributed by atoms with Crippen LogP contribution in [0.15, 0.2) is 12.7 Å². The van der Waals surface area contributed by atoms with Gasteiger partial charge in [-0.25, -0.2) is 4.79 Å². The van der Waals surface area contributed by atoms with Crippen LogP contribution in [0.1, 0.15) is 40.0 Å². The summed E-state index contributed by atoms with van der Waals surface area (Å²) in [5.41, 5.74) is -0.261. The Hall–Kier alpha value is -2.05.